The number of hydrogen-bond donors (Lipinski definition) is 2. The van der Waals surface area contributed by atoms with Gasteiger partial charge in [-0.15, -0.1) is 0 Å². The maximum absolute atomic E-state index is 16.1. The van der Waals surface area contributed by atoms with Crippen molar-refractivity contribution in [2.45, 2.75) is 102 Å². The third-order valence-electron chi connectivity index (χ3n) is 7.64. The molecule has 0 radical (unpaired) electrons. The van der Waals surface area contributed by atoms with E-state index in [0.717, 1.165) is 0 Å². The number of aromatic amines is 1. The Morgan fingerprint density at radius 3 is 2.29 bits per heavy atom. The number of fused-ring (bicyclic) bond motifs is 1. The monoisotopic (exact) mass is 513 g/mol. The van der Waals surface area contributed by atoms with Crippen molar-refractivity contribution >= 4 is 33.7 Å². The summed E-state index contributed by atoms with van der Waals surface area (Å²) in [7, 11) is -4.44. The number of rotatable bonds is 6. The topological polar surface area (TPSA) is 117 Å². The van der Waals surface area contributed by atoms with E-state index in [1.807, 2.05) is 0 Å². The fourth-order valence-corrected chi connectivity index (χ4v) is 5.68. The van der Waals surface area contributed by atoms with Crippen molar-refractivity contribution in [1.29, 1.82) is 0 Å². The van der Waals surface area contributed by atoms with Crippen LogP contribution in [0.3, 0.4) is 0 Å². The van der Waals surface area contributed by atoms with Crippen LogP contribution in [0.25, 0.3) is 11.2 Å². The second kappa shape index (κ2) is 8.80. The lowest BCUT2D eigenvalue weighted by Crippen LogP contribution is -2.50. The minimum absolute atomic E-state index is 0.00106. The quantitative estimate of drug-likeness (QED) is 0.551. The Hall–Kier alpha value is -1.61. The molecule has 0 amide bonds. The molecule has 9 nitrogen and oxygen atoms in total. The summed E-state index contributed by atoms with van der Waals surface area (Å²) in [5, 5.41) is -0.112. The number of nitrogens with zero attached hydrogens (tertiary/aromatic N) is 3. The number of imidazole rings is 1. The predicted molar refractivity (Wildman–Crippen MR) is 137 cm³/mol. The Bertz CT molecular complexity index is 1090. The van der Waals surface area contributed by atoms with Crippen molar-refractivity contribution < 1.29 is 18.0 Å². The van der Waals surface area contributed by atoms with E-state index < -0.39 is 46.8 Å². The summed E-state index contributed by atoms with van der Waals surface area (Å²) in [6, 6.07) is 0. The van der Waals surface area contributed by atoms with Gasteiger partial charge in [-0.3, -0.25) is 14.3 Å². The molecule has 0 unspecified atom stereocenters. The smallest absolute Gasteiger partial charge is 0.280 e. The van der Waals surface area contributed by atoms with Gasteiger partial charge in [-0.2, -0.15) is 4.98 Å². The molecule has 1 saturated heterocycles. The van der Waals surface area contributed by atoms with Gasteiger partial charge in [-0.05, 0) is 36.3 Å². The van der Waals surface area contributed by atoms with E-state index in [-0.39, 0.29) is 33.8 Å². The van der Waals surface area contributed by atoms with E-state index in [1.54, 1.807) is 0 Å². The molecule has 0 aliphatic carbocycles. The first kappa shape index (κ1) is 27.0. The van der Waals surface area contributed by atoms with Gasteiger partial charge in [-0.25, -0.2) is 9.37 Å². The number of ether oxygens (including phenoxy) is 1. The fraction of sp³-hybridized carbons (Fsp3) is 0.773. The molecule has 0 aromatic carbocycles. The molecular formula is C22H40FN5O4Si2. The summed E-state index contributed by atoms with van der Waals surface area (Å²) in [5.74, 6) is -0.0699. The lowest BCUT2D eigenvalue weighted by molar-refractivity contribution is -0.0421. The number of hydrogen-bond acceptors (Lipinski definition) is 7. The van der Waals surface area contributed by atoms with Gasteiger partial charge in [0.2, 0.25) is 5.95 Å². The van der Waals surface area contributed by atoms with Crippen LogP contribution in [-0.4, -0.2) is 61.1 Å². The first-order valence-electron chi connectivity index (χ1n) is 11.7. The van der Waals surface area contributed by atoms with Gasteiger partial charge in [0, 0.05) is 0 Å². The summed E-state index contributed by atoms with van der Waals surface area (Å²) in [6.07, 6.45) is -2.67. The third-order valence-corrected chi connectivity index (χ3v) is 16.6. The summed E-state index contributed by atoms with van der Waals surface area (Å²) in [5.41, 5.74) is 5.50. The molecule has 3 heterocycles. The molecule has 0 spiro atoms. The number of H-pyrrole nitrogens is 1. The number of halogens is 1. The van der Waals surface area contributed by atoms with Crippen LogP contribution in [0, 0.1) is 0 Å². The average Bonchev–Trinajstić information content (AvgIpc) is 3.20. The zero-order valence-electron chi connectivity index (χ0n) is 22.0. The van der Waals surface area contributed by atoms with Gasteiger partial charge in [0.15, 0.2) is 40.2 Å². The second-order valence-electron chi connectivity index (χ2n) is 12.2. The van der Waals surface area contributed by atoms with E-state index in [9.17, 15) is 4.79 Å². The molecule has 1 aliphatic heterocycles. The van der Waals surface area contributed by atoms with Crippen LogP contribution in [-0.2, 0) is 13.6 Å². The Kier molecular flexibility index (Phi) is 6.99. The summed E-state index contributed by atoms with van der Waals surface area (Å²) in [6.45, 7) is 21.5. The molecule has 4 atom stereocenters. The molecule has 12 heteroatoms. The van der Waals surface area contributed by atoms with Crippen molar-refractivity contribution in [1.82, 2.24) is 19.5 Å². The lowest BCUT2D eigenvalue weighted by Gasteiger charge is -2.40. The third kappa shape index (κ3) is 5.01. The number of alkyl halides is 1. The standard InChI is InChI=1S/C22H40FN5O4Si2/c1-21(2,3)33(7,8)30-11-13-16(32-34(9,10)22(4,5)6)14(23)19(31-13)28-12-25-15-17(28)26-20(24)27-18(15)29/h12-14,16,19H,11H2,1-10H3,(H3,24,26,27,29)/t13-,14+,16-,19-/m1/s1. The molecule has 0 saturated carbocycles. The van der Waals surface area contributed by atoms with Gasteiger partial charge >= 0.3 is 0 Å². The molecule has 3 rings (SSSR count). The molecule has 34 heavy (non-hydrogen) atoms. The highest BCUT2D eigenvalue weighted by atomic mass is 28.4. The van der Waals surface area contributed by atoms with Crippen molar-refractivity contribution in [3.63, 3.8) is 0 Å². The van der Waals surface area contributed by atoms with Crippen LogP contribution in [0.2, 0.25) is 36.3 Å². The Labute approximate surface area is 202 Å². The summed E-state index contributed by atoms with van der Waals surface area (Å²) < 4.78 is 36.7. The van der Waals surface area contributed by atoms with E-state index in [1.165, 1.54) is 10.9 Å². The highest BCUT2D eigenvalue weighted by Gasteiger charge is 2.52. The van der Waals surface area contributed by atoms with Crippen LogP contribution in [0.5, 0.6) is 0 Å². The summed E-state index contributed by atoms with van der Waals surface area (Å²) >= 11 is 0. The minimum Gasteiger partial charge on any atom is -0.414 e. The zero-order chi connectivity index (χ0) is 25.9. The predicted octanol–water partition coefficient (Wildman–Crippen LogP) is 4.35. The maximum Gasteiger partial charge on any atom is 0.280 e. The van der Waals surface area contributed by atoms with Crippen LogP contribution in [0.15, 0.2) is 11.1 Å². The Morgan fingerprint density at radius 1 is 1.15 bits per heavy atom. The average molecular weight is 514 g/mol. The van der Waals surface area contributed by atoms with Crippen molar-refractivity contribution in [3.05, 3.63) is 16.7 Å². The van der Waals surface area contributed by atoms with Crippen LogP contribution in [0.4, 0.5) is 10.3 Å². The molecule has 2 aromatic heterocycles. The fourth-order valence-electron chi connectivity index (χ4n) is 3.35. The van der Waals surface area contributed by atoms with Gasteiger partial charge < -0.3 is 19.3 Å². The SMILES string of the molecule is CC(C)(C)[Si](C)(C)OC[C@H]1O[C@@H](n2cnc3c(=O)[nH]c(N)nc32)[C@@H](F)[C@@H]1O[Si](C)(C)C(C)(C)C. The molecule has 1 fully saturated rings. The van der Waals surface area contributed by atoms with Gasteiger partial charge in [0.25, 0.3) is 5.56 Å². The largest absolute Gasteiger partial charge is 0.414 e. The number of nitrogens with two attached hydrogens (primary N) is 1. The zero-order valence-corrected chi connectivity index (χ0v) is 24.0. The minimum atomic E-state index is -2.33. The second-order valence-corrected chi connectivity index (χ2v) is 21.8. The van der Waals surface area contributed by atoms with E-state index in [4.69, 9.17) is 19.3 Å². The molecule has 192 valence electrons. The number of nitrogen functional groups attached to an aromatic ring is 1. The number of anilines is 1. The van der Waals surface area contributed by atoms with Gasteiger partial charge in [-0.1, -0.05) is 41.5 Å². The van der Waals surface area contributed by atoms with Crippen molar-refractivity contribution in [3.8, 4) is 0 Å². The molecule has 2 aromatic rings. The molecule has 0 bridgehead atoms. The first-order chi connectivity index (χ1) is 15.4. The first-order valence-corrected chi connectivity index (χ1v) is 17.5. The van der Waals surface area contributed by atoms with Gasteiger partial charge in [0.1, 0.15) is 12.2 Å². The van der Waals surface area contributed by atoms with E-state index in [0.29, 0.717) is 0 Å². The highest BCUT2D eigenvalue weighted by molar-refractivity contribution is 6.74. The molecular weight excluding hydrogens is 473 g/mol. The lowest BCUT2D eigenvalue weighted by atomic mass is 10.1. The molecule has 3 N–H and O–H groups in total. The number of nitrogens with one attached hydrogen (secondary N) is 1. The summed E-state index contributed by atoms with van der Waals surface area (Å²) in [4.78, 5) is 22.9. The van der Waals surface area contributed by atoms with E-state index in [2.05, 4.69) is 82.7 Å². The normalized spacial score (nSPS) is 24.8. The van der Waals surface area contributed by atoms with Crippen molar-refractivity contribution in [2.75, 3.05) is 12.3 Å². The van der Waals surface area contributed by atoms with Gasteiger partial charge in [0.05, 0.1) is 12.9 Å². The van der Waals surface area contributed by atoms with Crippen molar-refractivity contribution in [2.24, 2.45) is 0 Å². The van der Waals surface area contributed by atoms with E-state index >= 15 is 4.39 Å². The Morgan fingerprint density at radius 2 is 1.74 bits per heavy atom. The molecule has 1 aliphatic rings. The van der Waals surface area contributed by atoms with Crippen LogP contribution < -0.4 is 11.3 Å². The number of aromatic nitrogens is 4. The van der Waals surface area contributed by atoms with Crippen LogP contribution >= 0.6 is 0 Å². The highest BCUT2D eigenvalue weighted by Crippen LogP contribution is 2.43. The Balaban J connectivity index is 1.97. The maximum atomic E-state index is 16.1. The van der Waals surface area contributed by atoms with Crippen LogP contribution in [0.1, 0.15) is 47.8 Å².